The zero-order valence-electron chi connectivity index (χ0n) is 17.2. The summed E-state index contributed by atoms with van der Waals surface area (Å²) >= 11 is 0. The van der Waals surface area contributed by atoms with Crippen LogP contribution in [0, 0.1) is 29.6 Å². The lowest BCUT2D eigenvalue weighted by atomic mass is 9.91. The monoisotopic (exact) mass is 374 g/mol. The van der Waals surface area contributed by atoms with Gasteiger partial charge in [0.25, 0.3) is 0 Å². The van der Waals surface area contributed by atoms with Crippen LogP contribution in [0.25, 0.3) is 0 Å². The highest BCUT2D eigenvalue weighted by molar-refractivity contribution is 6.82. The fraction of sp³-hybridized carbons (Fsp3) is 0.818. The van der Waals surface area contributed by atoms with Crippen LogP contribution in [0.2, 0.25) is 30.7 Å². The van der Waals surface area contributed by atoms with Gasteiger partial charge in [0, 0.05) is 5.22 Å². The minimum atomic E-state index is -1.47. The van der Waals surface area contributed by atoms with E-state index in [9.17, 15) is 0 Å². The topological polar surface area (TPSA) is 9.23 Å². The summed E-state index contributed by atoms with van der Waals surface area (Å²) in [6, 6.07) is 0. The molecule has 0 saturated heterocycles. The van der Waals surface area contributed by atoms with Crippen LogP contribution >= 0.6 is 0 Å². The van der Waals surface area contributed by atoms with Crippen molar-refractivity contribution in [1.29, 1.82) is 0 Å². The Kier molecular flexibility index (Phi) is 4.53. The number of rotatable bonds is 6. The standard InChI is InChI=1S/C22H38OSi2/c1-15(20-13-16-7-9-18(20)11-16)24(4)23-22(2,3)25(5,6)21-14-17-8-10-19(21)12-17/h7-10,15-21,24H,11-14H2,1-6H3. The van der Waals surface area contributed by atoms with E-state index < -0.39 is 17.1 Å². The number of hydrogen-bond acceptors (Lipinski definition) is 1. The molecule has 8 atom stereocenters. The molecule has 0 heterocycles. The van der Waals surface area contributed by atoms with Crippen molar-refractivity contribution in [2.24, 2.45) is 29.6 Å². The van der Waals surface area contributed by atoms with Gasteiger partial charge < -0.3 is 4.43 Å². The van der Waals surface area contributed by atoms with Crippen molar-refractivity contribution in [2.45, 2.75) is 82.4 Å². The molecule has 0 radical (unpaired) electrons. The van der Waals surface area contributed by atoms with E-state index in [4.69, 9.17) is 4.43 Å². The van der Waals surface area contributed by atoms with Gasteiger partial charge in [-0.05, 0) is 86.7 Å². The fourth-order valence-electron chi connectivity index (χ4n) is 6.56. The first-order valence-electron chi connectivity index (χ1n) is 10.7. The van der Waals surface area contributed by atoms with E-state index in [1.165, 1.54) is 25.7 Å². The SMILES string of the molecule is CC(C1CC2C=CC1C2)[SiH](C)OC(C)(C)[Si](C)(C)C1CC2C=CC1C2. The van der Waals surface area contributed by atoms with Crippen molar-refractivity contribution < 1.29 is 4.43 Å². The normalized spacial score (nSPS) is 41.7. The van der Waals surface area contributed by atoms with Crippen LogP contribution in [-0.2, 0) is 4.43 Å². The van der Waals surface area contributed by atoms with Crippen LogP contribution in [0.4, 0.5) is 0 Å². The third kappa shape index (κ3) is 2.98. The Bertz CT molecular complexity index is 579. The zero-order chi connectivity index (χ0) is 18.0. The summed E-state index contributed by atoms with van der Waals surface area (Å²) in [7, 11) is -2.65. The molecule has 0 aliphatic heterocycles. The van der Waals surface area contributed by atoms with Gasteiger partial charge in [0.2, 0.25) is 0 Å². The summed E-state index contributed by atoms with van der Waals surface area (Å²) in [5, 5.41) is 0.114. The third-order valence-electron chi connectivity index (χ3n) is 8.98. The lowest BCUT2D eigenvalue weighted by Gasteiger charge is -2.48. The molecular weight excluding hydrogens is 336 g/mol. The Hall–Kier alpha value is -0.126. The summed E-state index contributed by atoms with van der Waals surface area (Å²) < 4.78 is 7.06. The van der Waals surface area contributed by atoms with Gasteiger partial charge in [-0.1, -0.05) is 44.3 Å². The number of allylic oxidation sites excluding steroid dienone is 4. The van der Waals surface area contributed by atoms with Crippen LogP contribution in [0.1, 0.15) is 46.5 Å². The Morgan fingerprint density at radius 1 is 0.960 bits per heavy atom. The van der Waals surface area contributed by atoms with Gasteiger partial charge in [-0.2, -0.15) is 0 Å². The Labute approximate surface area is 158 Å². The van der Waals surface area contributed by atoms with Crippen LogP contribution in [-0.4, -0.2) is 22.3 Å². The molecule has 4 bridgehead atoms. The fourth-order valence-corrected chi connectivity index (χ4v) is 13.7. The second kappa shape index (κ2) is 6.20. The number of fused-ring (bicyclic) bond motifs is 4. The van der Waals surface area contributed by atoms with E-state index in [1.807, 2.05) is 0 Å². The van der Waals surface area contributed by atoms with Crippen molar-refractivity contribution in [2.75, 3.05) is 0 Å². The molecule has 1 nitrogen and oxygen atoms in total. The van der Waals surface area contributed by atoms with E-state index in [0.717, 1.165) is 40.7 Å². The summed E-state index contributed by atoms with van der Waals surface area (Å²) in [4.78, 5) is 0. The summed E-state index contributed by atoms with van der Waals surface area (Å²) in [6.45, 7) is 15.2. The summed E-state index contributed by atoms with van der Waals surface area (Å²) in [5.41, 5.74) is 1.74. The minimum absolute atomic E-state index is 0.114. The molecule has 0 aromatic rings. The van der Waals surface area contributed by atoms with Crippen LogP contribution < -0.4 is 0 Å². The molecule has 2 saturated carbocycles. The second-order valence-corrected chi connectivity index (χ2v) is 18.8. The second-order valence-electron chi connectivity index (χ2n) is 10.7. The zero-order valence-corrected chi connectivity index (χ0v) is 19.3. The quantitative estimate of drug-likeness (QED) is 0.412. The third-order valence-corrected chi connectivity index (χ3v) is 17.9. The maximum Gasteiger partial charge on any atom is 0.177 e. The average Bonchev–Trinajstić information content (AvgIpc) is 3.32. The van der Waals surface area contributed by atoms with Crippen LogP contribution in [0.3, 0.4) is 0 Å². The predicted molar refractivity (Wildman–Crippen MR) is 113 cm³/mol. The smallest absolute Gasteiger partial charge is 0.177 e. The van der Waals surface area contributed by atoms with Crippen molar-refractivity contribution >= 4 is 17.1 Å². The van der Waals surface area contributed by atoms with Gasteiger partial charge in [0.1, 0.15) is 0 Å². The molecule has 0 aromatic carbocycles. The maximum atomic E-state index is 7.06. The molecule has 4 aliphatic carbocycles. The van der Waals surface area contributed by atoms with Crippen molar-refractivity contribution in [3.05, 3.63) is 24.3 Å². The van der Waals surface area contributed by atoms with Gasteiger partial charge in [-0.25, -0.2) is 0 Å². The van der Waals surface area contributed by atoms with E-state index in [-0.39, 0.29) is 5.22 Å². The first-order valence-corrected chi connectivity index (χ1v) is 16.1. The highest BCUT2D eigenvalue weighted by atomic mass is 28.3. The predicted octanol–water partition coefficient (Wildman–Crippen LogP) is 5.95. The van der Waals surface area contributed by atoms with Crippen molar-refractivity contribution in [1.82, 2.24) is 0 Å². The molecule has 4 rings (SSSR count). The van der Waals surface area contributed by atoms with Crippen molar-refractivity contribution in [3.8, 4) is 0 Å². The largest absolute Gasteiger partial charge is 0.418 e. The molecule has 140 valence electrons. The van der Waals surface area contributed by atoms with E-state index in [0.29, 0.717) is 0 Å². The molecule has 0 aromatic heterocycles. The lowest BCUT2D eigenvalue weighted by molar-refractivity contribution is 0.171. The molecule has 25 heavy (non-hydrogen) atoms. The first kappa shape index (κ1) is 18.2. The Morgan fingerprint density at radius 3 is 2.04 bits per heavy atom. The van der Waals surface area contributed by atoms with Gasteiger partial charge in [0.05, 0.1) is 8.07 Å². The van der Waals surface area contributed by atoms with Gasteiger partial charge in [0.15, 0.2) is 9.04 Å². The molecule has 0 spiro atoms. The molecule has 0 amide bonds. The Balaban J connectivity index is 1.43. The lowest BCUT2D eigenvalue weighted by Crippen LogP contribution is -2.58. The molecular formula is C22H38OSi2. The van der Waals surface area contributed by atoms with Crippen molar-refractivity contribution in [3.63, 3.8) is 0 Å². The first-order chi connectivity index (χ1) is 11.7. The highest BCUT2D eigenvalue weighted by Gasteiger charge is 2.53. The Morgan fingerprint density at radius 2 is 1.56 bits per heavy atom. The van der Waals surface area contributed by atoms with E-state index >= 15 is 0 Å². The molecule has 2 fully saturated rings. The number of hydrogen-bond donors (Lipinski definition) is 0. The van der Waals surface area contributed by atoms with Gasteiger partial charge >= 0.3 is 0 Å². The van der Waals surface area contributed by atoms with Crippen LogP contribution in [0.5, 0.6) is 0 Å². The van der Waals surface area contributed by atoms with Gasteiger partial charge in [-0.15, -0.1) is 0 Å². The average molecular weight is 375 g/mol. The summed E-state index contributed by atoms with van der Waals surface area (Å²) in [6.07, 6.45) is 15.7. The van der Waals surface area contributed by atoms with E-state index in [1.54, 1.807) is 0 Å². The van der Waals surface area contributed by atoms with Gasteiger partial charge in [-0.3, -0.25) is 0 Å². The maximum absolute atomic E-state index is 7.06. The molecule has 4 aliphatic rings. The van der Waals surface area contributed by atoms with Crippen LogP contribution in [0.15, 0.2) is 24.3 Å². The summed E-state index contributed by atoms with van der Waals surface area (Å²) in [5.74, 6) is 4.40. The molecule has 8 unspecified atom stereocenters. The highest BCUT2D eigenvalue weighted by Crippen LogP contribution is 2.55. The molecule has 3 heteroatoms. The van der Waals surface area contributed by atoms with E-state index in [2.05, 4.69) is 64.7 Å². The molecule has 0 N–H and O–H groups in total. The minimum Gasteiger partial charge on any atom is -0.418 e.